The standard InChI is InChI=1S/C23H20ClNO4/c1-28-14-17-12-16(8-11-21(17)29-2)23(27)25-20-10-9-18(24)13-19(20)22(26)15-6-4-3-5-7-15/h3-13H,14H2,1-2H3,(H,25,27). The number of ketones is 1. The van der Waals surface area contributed by atoms with E-state index in [0.717, 1.165) is 5.56 Å². The first-order valence-corrected chi connectivity index (χ1v) is 9.27. The van der Waals surface area contributed by atoms with Gasteiger partial charge in [-0.15, -0.1) is 0 Å². The molecular weight excluding hydrogens is 390 g/mol. The Balaban J connectivity index is 1.91. The van der Waals surface area contributed by atoms with Gasteiger partial charge in [-0.25, -0.2) is 0 Å². The van der Waals surface area contributed by atoms with Gasteiger partial charge in [-0.2, -0.15) is 0 Å². The van der Waals surface area contributed by atoms with Crippen LogP contribution in [0.3, 0.4) is 0 Å². The molecule has 3 aromatic carbocycles. The predicted molar refractivity (Wildman–Crippen MR) is 113 cm³/mol. The minimum Gasteiger partial charge on any atom is -0.496 e. The van der Waals surface area contributed by atoms with E-state index in [1.165, 1.54) is 0 Å². The van der Waals surface area contributed by atoms with E-state index in [4.69, 9.17) is 21.1 Å². The number of halogens is 1. The second kappa shape index (κ2) is 9.37. The molecule has 0 unspecified atom stereocenters. The molecule has 0 saturated carbocycles. The third-order valence-corrected chi connectivity index (χ3v) is 4.59. The zero-order valence-electron chi connectivity index (χ0n) is 16.1. The average Bonchev–Trinajstić information content (AvgIpc) is 2.75. The van der Waals surface area contributed by atoms with Crippen LogP contribution in [0.15, 0.2) is 66.7 Å². The highest BCUT2D eigenvalue weighted by atomic mass is 35.5. The van der Waals surface area contributed by atoms with Crippen molar-refractivity contribution in [2.45, 2.75) is 6.61 Å². The van der Waals surface area contributed by atoms with Crippen LogP contribution in [0.1, 0.15) is 31.8 Å². The van der Waals surface area contributed by atoms with E-state index >= 15 is 0 Å². The zero-order chi connectivity index (χ0) is 20.8. The van der Waals surface area contributed by atoms with Crippen molar-refractivity contribution in [2.75, 3.05) is 19.5 Å². The van der Waals surface area contributed by atoms with Crippen LogP contribution in [0.5, 0.6) is 5.75 Å². The number of carbonyl (C=O) groups is 2. The summed E-state index contributed by atoms with van der Waals surface area (Å²) in [7, 11) is 3.13. The maximum absolute atomic E-state index is 12.9. The minimum absolute atomic E-state index is 0.224. The Morgan fingerprint density at radius 3 is 2.38 bits per heavy atom. The average molecular weight is 410 g/mol. The number of benzene rings is 3. The third-order valence-electron chi connectivity index (χ3n) is 4.35. The normalized spacial score (nSPS) is 10.4. The van der Waals surface area contributed by atoms with Gasteiger partial charge in [0.2, 0.25) is 0 Å². The summed E-state index contributed by atoms with van der Waals surface area (Å²) < 4.78 is 10.5. The minimum atomic E-state index is -0.352. The molecular formula is C23H20ClNO4. The summed E-state index contributed by atoms with van der Waals surface area (Å²) in [5.41, 5.74) is 2.39. The first-order chi connectivity index (χ1) is 14.0. The lowest BCUT2D eigenvalue weighted by molar-refractivity contribution is 0.102. The first kappa shape index (κ1) is 20.6. The van der Waals surface area contributed by atoms with Gasteiger partial charge in [-0.05, 0) is 36.4 Å². The highest BCUT2D eigenvalue weighted by Gasteiger charge is 2.17. The van der Waals surface area contributed by atoms with Gasteiger partial charge >= 0.3 is 0 Å². The fraction of sp³-hybridized carbons (Fsp3) is 0.130. The van der Waals surface area contributed by atoms with Gasteiger partial charge in [0.1, 0.15) is 5.75 Å². The van der Waals surface area contributed by atoms with Crippen LogP contribution in [0.25, 0.3) is 0 Å². The Hall–Kier alpha value is -3.15. The van der Waals surface area contributed by atoms with Crippen molar-refractivity contribution in [3.8, 4) is 5.75 Å². The van der Waals surface area contributed by atoms with Crippen LogP contribution < -0.4 is 10.1 Å². The summed E-state index contributed by atoms with van der Waals surface area (Å²) in [5, 5.41) is 3.22. The number of methoxy groups -OCH3 is 2. The lowest BCUT2D eigenvalue weighted by Crippen LogP contribution is -2.15. The molecule has 0 radical (unpaired) electrons. The fourth-order valence-electron chi connectivity index (χ4n) is 2.94. The molecule has 0 fully saturated rings. The van der Waals surface area contributed by atoms with Gasteiger partial charge < -0.3 is 14.8 Å². The van der Waals surface area contributed by atoms with Gasteiger partial charge in [-0.1, -0.05) is 41.9 Å². The Morgan fingerprint density at radius 1 is 0.931 bits per heavy atom. The smallest absolute Gasteiger partial charge is 0.255 e. The van der Waals surface area contributed by atoms with Crippen LogP contribution >= 0.6 is 11.6 Å². The van der Waals surface area contributed by atoms with Crippen LogP contribution in [0, 0.1) is 0 Å². The number of hydrogen-bond acceptors (Lipinski definition) is 4. The maximum atomic E-state index is 12.9. The number of rotatable bonds is 7. The van der Waals surface area contributed by atoms with Gasteiger partial charge in [-0.3, -0.25) is 9.59 Å². The summed E-state index contributed by atoms with van der Waals surface area (Å²) >= 11 is 6.10. The first-order valence-electron chi connectivity index (χ1n) is 8.90. The Labute approximate surface area is 174 Å². The van der Waals surface area contributed by atoms with Crippen LogP contribution in [0.2, 0.25) is 5.02 Å². The molecule has 0 bridgehead atoms. The Kier molecular flexibility index (Phi) is 6.65. The van der Waals surface area contributed by atoms with E-state index in [0.29, 0.717) is 39.8 Å². The number of nitrogens with one attached hydrogen (secondary N) is 1. The van der Waals surface area contributed by atoms with Crippen LogP contribution in [0.4, 0.5) is 5.69 Å². The molecule has 5 nitrogen and oxygen atoms in total. The monoisotopic (exact) mass is 409 g/mol. The van der Waals surface area contributed by atoms with Crippen molar-refractivity contribution >= 4 is 29.0 Å². The number of carbonyl (C=O) groups excluding carboxylic acids is 2. The number of amides is 1. The van der Waals surface area contributed by atoms with E-state index in [1.807, 2.05) is 6.07 Å². The molecule has 0 aliphatic heterocycles. The number of anilines is 1. The third kappa shape index (κ3) is 4.83. The van der Waals surface area contributed by atoms with Crippen molar-refractivity contribution in [1.29, 1.82) is 0 Å². The van der Waals surface area contributed by atoms with E-state index in [2.05, 4.69) is 5.32 Å². The largest absolute Gasteiger partial charge is 0.496 e. The Morgan fingerprint density at radius 2 is 1.69 bits per heavy atom. The van der Waals surface area contributed by atoms with Crippen LogP contribution in [-0.2, 0) is 11.3 Å². The molecule has 0 aliphatic carbocycles. The highest BCUT2D eigenvalue weighted by Crippen LogP contribution is 2.26. The van der Waals surface area contributed by atoms with Gasteiger partial charge in [0.05, 0.1) is 19.4 Å². The van der Waals surface area contributed by atoms with Gasteiger partial charge in [0.15, 0.2) is 5.78 Å². The summed E-state index contributed by atoms with van der Waals surface area (Å²) in [4.78, 5) is 25.7. The Bertz CT molecular complexity index is 1030. The molecule has 1 amide bonds. The molecule has 148 valence electrons. The second-order valence-electron chi connectivity index (χ2n) is 6.30. The van der Waals surface area contributed by atoms with Crippen molar-refractivity contribution < 1.29 is 19.1 Å². The topological polar surface area (TPSA) is 64.6 Å². The summed E-state index contributed by atoms with van der Waals surface area (Å²) in [6.07, 6.45) is 0. The SMILES string of the molecule is COCc1cc(C(=O)Nc2ccc(Cl)cc2C(=O)c2ccccc2)ccc1OC. The number of ether oxygens (including phenoxy) is 2. The van der Waals surface area contributed by atoms with Gasteiger partial charge in [0, 0.05) is 34.4 Å². The molecule has 0 saturated heterocycles. The lowest BCUT2D eigenvalue weighted by Gasteiger charge is -2.13. The second-order valence-corrected chi connectivity index (χ2v) is 6.74. The summed E-state index contributed by atoms with van der Waals surface area (Å²) in [5.74, 6) is 0.0579. The zero-order valence-corrected chi connectivity index (χ0v) is 16.8. The van der Waals surface area contributed by atoms with Crippen molar-refractivity contribution in [3.05, 3.63) is 94.0 Å². The van der Waals surface area contributed by atoms with E-state index in [9.17, 15) is 9.59 Å². The molecule has 0 aliphatic rings. The fourth-order valence-corrected chi connectivity index (χ4v) is 3.11. The molecule has 0 spiro atoms. The number of hydrogen-bond donors (Lipinski definition) is 1. The predicted octanol–water partition coefficient (Wildman–Crippen LogP) is 4.98. The molecule has 6 heteroatoms. The highest BCUT2D eigenvalue weighted by molar-refractivity contribution is 6.31. The van der Waals surface area contributed by atoms with Crippen molar-refractivity contribution in [2.24, 2.45) is 0 Å². The molecule has 29 heavy (non-hydrogen) atoms. The van der Waals surface area contributed by atoms with Gasteiger partial charge in [0.25, 0.3) is 5.91 Å². The summed E-state index contributed by atoms with van der Waals surface area (Å²) in [6, 6.07) is 18.7. The maximum Gasteiger partial charge on any atom is 0.255 e. The van der Waals surface area contributed by atoms with E-state index in [1.54, 1.807) is 74.9 Å². The molecule has 0 aromatic heterocycles. The van der Waals surface area contributed by atoms with Crippen molar-refractivity contribution in [3.63, 3.8) is 0 Å². The molecule has 1 N–H and O–H groups in total. The quantitative estimate of drug-likeness (QED) is 0.559. The van der Waals surface area contributed by atoms with E-state index in [-0.39, 0.29) is 11.7 Å². The molecule has 3 rings (SSSR count). The summed E-state index contributed by atoms with van der Waals surface area (Å²) in [6.45, 7) is 0.309. The molecule has 0 atom stereocenters. The lowest BCUT2D eigenvalue weighted by atomic mass is 10.0. The molecule has 0 heterocycles. The van der Waals surface area contributed by atoms with Crippen LogP contribution in [-0.4, -0.2) is 25.9 Å². The molecule has 3 aromatic rings. The van der Waals surface area contributed by atoms with E-state index < -0.39 is 0 Å². The van der Waals surface area contributed by atoms with Crippen molar-refractivity contribution in [1.82, 2.24) is 0 Å².